The van der Waals surface area contributed by atoms with Gasteiger partial charge in [-0.25, -0.2) is 4.79 Å². The summed E-state index contributed by atoms with van der Waals surface area (Å²) < 4.78 is 15.2. The monoisotopic (exact) mass is 335 g/mol. The van der Waals surface area contributed by atoms with Crippen LogP contribution in [0.2, 0.25) is 0 Å². The predicted octanol–water partition coefficient (Wildman–Crippen LogP) is 2.65. The van der Waals surface area contributed by atoms with E-state index in [1.165, 1.54) is 33.5 Å². The van der Waals surface area contributed by atoms with Crippen LogP contribution in [0, 0.1) is 0 Å². The maximum atomic E-state index is 12.7. The third kappa shape index (κ3) is 4.88. The van der Waals surface area contributed by atoms with Crippen LogP contribution in [0.4, 0.5) is 0 Å². The molecule has 1 heterocycles. The molecule has 1 aliphatic heterocycles. The van der Waals surface area contributed by atoms with Crippen LogP contribution < -0.4 is 9.47 Å². The molecule has 24 heavy (non-hydrogen) atoms. The van der Waals surface area contributed by atoms with Crippen LogP contribution in [-0.4, -0.2) is 50.7 Å². The molecule has 0 aliphatic carbocycles. The highest BCUT2D eigenvalue weighted by molar-refractivity contribution is 5.95. The quantitative estimate of drug-likeness (QED) is 0.774. The van der Waals surface area contributed by atoms with Gasteiger partial charge in [-0.3, -0.25) is 4.79 Å². The normalized spacial score (nSPS) is 15.2. The number of hydrogen-bond donors (Lipinski definition) is 0. The summed E-state index contributed by atoms with van der Waals surface area (Å²) in [7, 11) is 2.80. The second kappa shape index (κ2) is 9.15. The van der Waals surface area contributed by atoms with Crippen LogP contribution in [0.3, 0.4) is 0 Å². The molecule has 1 aromatic rings. The molecule has 1 amide bonds. The molecule has 1 fully saturated rings. The summed E-state index contributed by atoms with van der Waals surface area (Å²) in [6.45, 7) is 1.38. The highest BCUT2D eigenvalue weighted by Gasteiger charge is 2.19. The van der Waals surface area contributed by atoms with E-state index < -0.39 is 5.97 Å². The van der Waals surface area contributed by atoms with Crippen molar-refractivity contribution in [2.45, 2.75) is 32.1 Å². The number of amides is 1. The van der Waals surface area contributed by atoms with Crippen LogP contribution in [0.5, 0.6) is 11.5 Å². The Morgan fingerprint density at radius 3 is 2.29 bits per heavy atom. The van der Waals surface area contributed by atoms with E-state index in [9.17, 15) is 9.59 Å². The maximum Gasteiger partial charge on any atom is 0.343 e. The van der Waals surface area contributed by atoms with E-state index >= 15 is 0 Å². The van der Waals surface area contributed by atoms with Gasteiger partial charge in [0.2, 0.25) is 0 Å². The molecule has 1 saturated heterocycles. The van der Waals surface area contributed by atoms with Gasteiger partial charge in [0, 0.05) is 18.7 Å². The van der Waals surface area contributed by atoms with Gasteiger partial charge in [0.15, 0.2) is 18.1 Å². The topological polar surface area (TPSA) is 65.1 Å². The first-order valence-corrected chi connectivity index (χ1v) is 8.32. The highest BCUT2D eigenvalue weighted by atomic mass is 16.6. The van der Waals surface area contributed by atoms with E-state index in [-0.39, 0.29) is 12.5 Å². The largest absolute Gasteiger partial charge is 0.493 e. The molecule has 0 radical (unpaired) electrons. The Kier molecular flexibility index (Phi) is 6.90. The van der Waals surface area contributed by atoms with Crippen molar-refractivity contribution in [3.8, 4) is 11.5 Å². The summed E-state index contributed by atoms with van der Waals surface area (Å²) in [5.41, 5.74) is 0.567. The number of rotatable bonds is 5. The predicted molar refractivity (Wildman–Crippen MR) is 89.5 cm³/mol. The van der Waals surface area contributed by atoms with Gasteiger partial charge < -0.3 is 19.1 Å². The molecule has 1 aliphatic rings. The van der Waals surface area contributed by atoms with Crippen molar-refractivity contribution in [2.75, 3.05) is 33.9 Å². The smallest absolute Gasteiger partial charge is 0.343 e. The third-order valence-electron chi connectivity index (χ3n) is 4.13. The molecule has 0 spiro atoms. The number of methoxy groups -OCH3 is 2. The number of hydrogen-bond acceptors (Lipinski definition) is 5. The van der Waals surface area contributed by atoms with Gasteiger partial charge in [0.25, 0.3) is 5.91 Å². The Morgan fingerprint density at radius 1 is 1.00 bits per heavy atom. The highest BCUT2D eigenvalue weighted by Crippen LogP contribution is 2.29. The fraction of sp³-hybridized carbons (Fsp3) is 0.556. The molecular weight excluding hydrogens is 310 g/mol. The number of carbonyl (C=O) groups is 2. The lowest BCUT2D eigenvalue weighted by atomic mass is 10.1. The minimum atomic E-state index is -0.474. The van der Waals surface area contributed by atoms with Crippen LogP contribution in [0.1, 0.15) is 42.5 Å². The summed E-state index contributed by atoms with van der Waals surface area (Å²) in [6.07, 6.45) is 5.69. The fourth-order valence-electron chi connectivity index (χ4n) is 2.75. The zero-order valence-corrected chi connectivity index (χ0v) is 14.4. The lowest BCUT2D eigenvalue weighted by molar-refractivity contribution is -0.142. The van der Waals surface area contributed by atoms with Gasteiger partial charge in [-0.2, -0.15) is 0 Å². The molecule has 1 aromatic carbocycles. The Morgan fingerprint density at radius 2 is 1.67 bits per heavy atom. The van der Waals surface area contributed by atoms with Crippen molar-refractivity contribution in [1.82, 2.24) is 4.90 Å². The summed E-state index contributed by atoms with van der Waals surface area (Å²) in [6, 6.07) is 5.02. The number of nitrogens with zero attached hydrogens (tertiary/aromatic N) is 1. The first-order chi connectivity index (χ1) is 11.7. The number of esters is 1. The molecule has 0 N–H and O–H groups in total. The van der Waals surface area contributed by atoms with Crippen molar-refractivity contribution < 1.29 is 23.8 Å². The zero-order chi connectivity index (χ0) is 17.4. The summed E-state index contributed by atoms with van der Waals surface area (Å²) in [5.74, 6) is 0.372. The number of ether oxygens (including phenoxy) is 3. The molecule has 0 unspecified atom stereocenters. The molecule has 0 bridgehead atoms. The summed E-state index contributed by atoms with van der Waals surface area (Å²) in [4.78, 5) is 25.8. The molecule has 0 saturated carbocycles. The Hall–Kier alpha value is -2.24. The van der Waals surface area contributed by atoms with Gasteiger partial charge in [-0.1, -0.05) is 19.3 Å². The van der Waals surface area contributed by atoms with E-state index in [1.54, 1.807) is 18.2 Å². The van der Waals surface area contributed by atoms with E-state index in [0.717, 1.165) is 25.9 Å². The van der Waals surface area contributed by atoms with Crippen LogP contribution in [0.25, 0.3) is 0 Å². The maximum absolute atomic E-state index is 12.7. The van der Waals surface area contributed by atoms with Gasteiger partial charge in [0.05, 0.1) is 14.2 Å². The van der Waals surface area contributed by atoms with Crippen LogP contribution in [-0.2, 0) is 9.53 Å². The van der Waals surface area contributed by atoms with Crippen molar-refractivity contribution >= 4 is 11.9 Å². The first kappa shape index (κ1) is 18.1. The second-order valence-electron chi connectivity index (χ2n) is 5.79. The van der Waals surface area contributed by atoms with Crippen LogP contribution in [0.15, 0.2) is 18.2 Å². The standard InChI is InChI=1S/C18H25NO5/c1-22-16-12-14(8-9-15(16)24-13-17(20)23-2)18(21)19-10-6-4-3-5-7-11-19/h8-9,12H,3-7,10-11,13H2,1-2H3. The number of benzene rings is 1. The summed E-state index contributed by atoms with van der Waals surface area (Å²) >= 11 is 0. The van der Waals surface area contributed by atoms with E-state index in [1.807, 2.05) is 4.90 Å². The number of likely N-dealkylation sites (tertiary alicyclic amines) is 1. The van der Waals surface area contributed by atoms with E-state index in [4.69, 9.17) is 9.47 Å². The van der Waals surface area contributed by atoms with Crippen molar-refractivity contribution in [3.05, 3.63) is 23.8 Å². The molecule has 6 nitrogen and oxygen atoms in total. The van der Waals surface area contributed by atoms with E-state index in [0.29, 0.717) is 17.1 Å². The third-order valence-corrected chi connectivity index (χ3v) is 4.13. The lowest BCUT2D eigenvalue weighted by Crippen LogP contribution is -2.33. The average Bonchev–Trinajstić information content (AvgIpc) is 2.58. The van der Waals surface area contributed by atoms with Gasteiger partial charge >= 0.3 is 5.97 Å². The van der Waals surface area contributed by atoms with Gasteiger partial charge in [-0.05, 0) is 31.0 Å². The molecule has 6 heteroatoms. The van der Waals surface area contributed by atoms with Crippen molar-refractivity contribution in [2.24, 2.45) is 0 Å². The van der Waals surface area contributed by atoms with E-state index in [2.05, 4.69) is 4.74 Å². The SMILES string of the molecule is COC(=O)COc1ccc(C(=O)N2CCCCCCC2)cc1OC. The lowest BCUT2D eigenvalue weighted by Gasteiger charge is -2.25. The average molecular weight is 335 g/mol. The molecule has 0 atom stereocenters. The molecule has 0 aromatic heterocycles. The zero-order valence-electron chi connectivity index (χ0n) is 14.4. The summed E-state index contributed by atoms with van der Waals surface area (Å²) in [5, 5.41) is 0. The van der Waals surface area contributed by atoms with Crippen molar-refractivity contribution in [1.29, 1.82) is 0 Å². The Labute approximate surface area is 142 Å². The van der Waals surface area contributed by atoms with Crippen molar-refractivity contribution in [3.63, 3.8) is 0 Å². The Balaban J connectivity index is 2.09. The molecule has 2 rings (SSSR count). The fourth-order valence-corrected chi connectivity index (χ4v) is 2.75. The minimum Gasteiger partial charge on any atom is -0.493 e. The second-order valence-corrected chi connectivity index (χ2v) is 5.79. The van der Waals surface area contributed by atoms with Crippen LogP contribution >= 0.6 is 0 Å². The molecular formula is C18H25NO5. The van der Waals surface area contributed by atoms with Gasteiger partial charge in [0.1, 0.15) is 0 Å². The number of carbonyl (C=O) groups excluding carboxylic acids is 2. The first-order valence-electron chi connectivity index (χ1n) is 8.32. The molecule has 132 valence electrons. The minimum absolute atomic E-state index is 0.00900. The van der Waals surface area contributed by atoms with Gasteiger partial charge in [-0.15, -0.1) is 0 Å². The Bertz CT molecular complexity index is 565.